The van der Waals surface area contributed by atoms with Gasteiger partial charge in [0.2, 0.25) is 0 Å². The molecule has 0 saturated heterocycles. The molecule has 0 aliphatic rings. The van der Waals surface area contributed by atoms with Crippen molar-refractivity contribution in [2.75, 3.05) is 0 Å². The summed E-state index contributed by atoms with van der Waals surface area (Å²) in [4.78, 5) is 0. The van der Waals surface area contributed by atoms with Gasteiger partial charge in [-0.15, -0.1) is 22.9 Å². The van der Waals surface area contributed by atoms with Gasteiger partial charge in [-0.25, -0.2) is 0 Å². The number of hydrogen-bond donors (Lipinski definition) is 0. The summed E-state index contributed by atoms with van der Waals surface area (Å²) >= 11 is 8.31. The topological polar surface area (TPSA) is 0 Å². The van der Waals surface area contributed by atoms with Gasteiger partial charge in [-0.1, -0.05) is 48.5 Å². The van der Waals surface area contributed by atoms with Gasteiger partial charge in [0.1, 0.15) is 0 Å². The summed E-state index contributed by atoms with van der Waals surface area (Å²) in [5.41, 5.74) is 2.36. The van der Waals surface area contributed by atoms with Crippen LogP contribution >= 0.6 is 22.9 Å². The Morgan fingerprint density at radius 2 is 1.59 bits per heavy atom. The van der Waals surface area contributed by atoms with Crippen molar-refractivity contribution < 1.29 is 0 Å². The van der Waals surface area contributed by atoms with Crippen LogP contribution < -0.4 is 0 Å². The molecule has 3 aromatic rings. The number of fused-ring (bicyclic) bond motifs is 1. The second-order valence-corrected chi connectivity index (χ2v) is 5.31. The van der Waals surface area contributed by atoms with Gasteiger partial charge in [-0.05, 0) is 28.0 Å². The second-order valence-electron chi connectivity index (χ2n) is 3.96. The summed E-state index contributed by atoms with van der Waals surface area (Å²) in [6.45, 7) is 0. The van der Waals surface area contributed by atoms with E-state index in [-0.39, 0.29) is 5.38 Å². The number of hydrogen-bond acceptors (Lipinski definition) is 1. The minimum absolute atomic E-state index is 0.0626. The molecule has 0 bridgehead atoms. The molecular weight excluding hydrogens is 248 g/mol. The normalized spacial score (nSPS) is 12.8. The Morgan fingerprint density at radius 3 is 2.41 bits per heavy atom. The van der Waals surface area contributed by atoms with Gasteiger partial charge >= 0.3 is 0 Å². The van der Waals surface area contributed by atoms with E-state index in [0.29, 0.717) is 0 Å². The summed E-state index contributed by atoms with van der Waals surface area (Å²) < 4.78 is 1.30. The summed E-state index contributed by atoms with van der Waals surface area (Å²) in [5, 5.41) is 3.36. The minimum Gasteiger partial charge on any atom is -0.143 e. The highest BCUT2D eigenvalue weighted by atomic mass is 35.5. The highest BCUT2D eigenvalue weighted by Crippen LogP contribution is 2.36. The second kappa shape index (κ2) is 4.52. The third-order valence-corrected chi connectivity index (χ3v) is 4.34. The van der Waals surface area contributed by atoms with Crippen LogP contribution in [0.1, 0.15) is 16.5 Å². The number of thiophene rings is 1. The number of rotatable bonds is 2. The molecule has 84 valence electrons. The lowest BCUT2D eigenvalue weighted by atomic mass is 10.0. The first-order valence-electron chi connectivity index (χ1n) is 5.51. The van der Waals surface area contributed by atoms with E-state index < -0.39 is 0 Å². The van der Waals surface area contributed by atoms with Crippen molar-refractivity contribution in [2.45, 2.75) is 5.38 Å². The first-order valence-corrected chi connectivity index (χ1v) is 6.83. The summed E-state index contributed by atoms with van der Waals surface area (Å²) in [5.74, 6) is 0. The molecule has 1 heterocycles. The van der Waals surface area contributed by atoms with Crippen LogP contribution in [0.25, 0.3) is 10.1 Å². The zero-order chi connectivity index (χ0) is 11.7. The number of halogens is 1. The summed E-state index contributed by atoms with van der Waals surface area (Å²) in [6, 6.07) is 18.6. The van der Waals surface area contributed by atoms with Crippen LogP contribution in [-0.2, 0) is 0 Å². The lowest BCUT2D eigenvalue weighted by molar-refractivity contribution is 1.17. The first kappa shape index (κ1) is 10.8. The fourth-order valence-electron chi connectivity index (χ4n) is 2.00. The van der Waals surface area contributed by atoms with Crippen LogP contribution in [0.5, 0.6) is 0 Å². The van der Waals surface area contributed by atoms with E-state index in [1.54, 1.807) is 11.3 Å². The smallest absolute Gasteiger partial charge is 0.0849 e. The SMILES string of the molecule is ClC(c1ccccc1)c1csc2ccccc12. The Labute approximate surface area is 109 Å². The maximum atomic E-state index is 6.56. The average Bonchev–Trinajstić information content (AvgIpc) is 2.83. The van der Waals surface area contributed by atoms with Crippen LogP contribution in [-0.4, -0.2) is 0 Å². The highest BCUT2D eigenvalue weighted by Gasteiger charge is 2.14. The molecule has 2 heteroatoms. The van der Waals surface area contributed by atoms with Gasteiger partial charge in [0.05, 0.1) is 5.38 Å². The maximum Gasteiger partial charge on any atom is 0.0849 e. The predicted molar refractivity (Wildman–Crippen MR) is 76.0 cm³/mol. The molecule has 0 aliphatic carbocycles. The predicted octanol–water partition coefficient (Wildman–Crippen LogP) is 5.23. The summed E-state index contributed by atoms with van der Waals surface area (Å²) in [7, 11) is 0. The van der Waals surface area contributed by atoms with E-state index in [9.17, 15) is 0 Å². The molecule has 0 nitrogen and oxygen atoms in total. The lowest BCUT2D eigenvalue weighted by Gasteiger charge is -2.08. The van der Waals surface area contributed by atoms with Gasteiger partial charge in [0.15, 0.2) is 0 Å². The molecule has 0 radical (unpaired) electrons. The van der Waals surface area contributed by atoms with Crippen molar-refractivity contribution >= 4 is 33.0 Å². The van der Waals surface area contributed by atoms with Gasteiger partial charge < -0.3 is 0 Å². The zero-order valence-corrected chi connectivity index (χ0v) is 10.7. The van der Waals surface area contributed by atoms with Crippen LogP contribution in [0.3, 0.4) is 0 Å². The van der Waals surface area contributed by atoms with Crippen LogP contribution in [0, 0.1) is 0 Å². The minimum atomic E-state index is -0.0626. The number of benzene rings is 2. The molecule has 2 aromatic carbocycles. The Kier molecular flexibility index (Phi) is 2.87. The van der Waals surface area contributed by atoms with E-state index in [1.807, 2.05) is 18.2 Å². The molecule has 0 fully saturated rings. The van der Waals surface area contributed by atoms with Crippen molar-refractivity contribution in [1.82, 2.24) is 0 Å². The fraction of sp³-hybridized carbons (Fsp3) is 0.0667. The van der Waals surface area contributed by atoms with Crippen molar-refractivity contribution in [3.8, 4) is 0 Å². The van der Waals surface area contributed by atoms with Crippen LogP contribution in [0.4, 0.5) is 0 Å². The van der Waals surface area contributed by atoms with E-state index in [0.717, 1.165) is 5.56 Å². The monoisotopic (exact) mass is 258 g/mol. The van der Waals surface area contributed by atoms with Crippen molar-refractivity contribution in [2.24, 2.45) is 0 Å². The zero-order valence-electron chi connectivity index (χ0n) is 9.14. The Balaban J connectivity index is 2.10. The van der Waals surface area contributed by atoms with Crippen molar-refractivity contribution in [3.63, 3.8) is 0 Å². The van der Waals surface area contributed by atoms with Crippen LogP contribution in [0.2, 0.25) is 0 Å². The maximum absolute atomic E-state index is 6.56. The molecule has 0 N–H and O–H groups in total. The fourth-order valence-corrected chi connectivity index (χ4v) is 3.38. The molecule has 0 amide bonds. The molecule has 3 rings (SSSR count). The van der Waals surface area contributed by atoms with Gasteiger partial charge in [0, 0.05) is 4.70 Å². The molecule has 0 spiro atoms. The van der Waals surface area contributed by atoms with Crippen molar-refractivity contribution in [1.29, 1.82) is 0 Å². The molecule has 17 heavy (non-hydrogen) atoms. The Hall–Kier alpha value is -1.31. The largest absolute Gasteiger partial charge is 0.143 e. The summed E-state index contributed by atoms with van der Waals surface area (Å²) in [6.07, 6.45) is 0. The van der Waals surface area contributed by atoms with Gasteiger partial charge in [-0.3, -0.25) is 0 Å². The van der Waals surface area contributed by atoms with Crippen LogP contribution in [0.15, 0.2) is 60.0 Å². The standard InChI is InChI=1S/C15H11ClS/c16-15(11-6-2-1-3-7-11)13-10-17-14-9-5-4-8-12(13)14/h1-10,15H. The van der Waals surface area contributed by atoms with E-state index in [1.165, 1.54) is 15.6 Å². The third-order valence-electron chi connectivity index (χ3n) is 2.88. The first-order chi connectivity index (χ1) is 8.36. The Morgan fingerprint density at radius 1 is 0.882 bits per heavy atom. The lowest BCUT2D eigenvalue weighted by Crippen LogP contribution is -1.90. The molecular formula is C15H11ClS. The Bertz CT molecular complexity index is 627. The molecule has 0 saturated carbocycles. The average molecular weight is 259 g/mol. The molecule has 1 aromatic heterocycles. The third kappa shape index (κ3) is 1.97. The molecule has 1 unspecified atom stereocenters. The van der Waals surface area contributed by atoms with Gasteiger partial charge in [0.25, 0.3) is 0 Å². The number of alkyl halides is 1. The van der Waals surface area contributed by atoms with E-state index in [2.05, 4.69) is 41.8 Å². The van der Waals surface area contributed by atoms with E-state index >= 15 is 0 Å². The van der Waals surface area contributed by atoms with Crippen molar-refractivity contribution in [3.05, 3.63) is 71.1 Å². The molecule has 0 aliphatic heterocycles. The molecule has 1 atom stereocenters. The quantitative estimate of drug-likeness (QED) is 0.552. The van der Waals surface area contributed by atoms with E-state index in [4.69, 9.17) is 11.6 Å². The highest BCUT2D eigenvalue weighted by molar-refractivity contribution is 7.17. The van der Waals surface area contributed by atoms with Gasteiger partial charge in [-0.2, -0.15) is 0 Å².